The van der Waals surface area contributed by atoms with Crippen molar-refractivity contribution in [2.24, 2.45) is 0 Å². The smallest absolute Gasteiger partial charge is 0.358 e. The number of carboxylic acid groups (broad SMARTS) is 2. The van der Waals surface area contributed by atoms with Crippen molar-refractivity contribution in [3.05, 3.63) is 11.9 Å². The van der Waals surface area contributed by atoms with Crippen LogP contribution < -0.4 is 5.73 Å². The lowest BCUT2D eigenvalue weighted by atomic mass is 10.4. The van der Waals surface area contributed by atoms with Gasteiger partial charge >= 0.3 is 11.9 Å². The normalized spacial score (nSPS) is 9.85. The number of rotatable bonds is 3. The molecule has 0 aliphatic rings. The van der Waals surface area contributed by atoms with Gasteiger partial charge in [0.25, 0.3) is 0 Å². The van der Waals surface area contributed by atoms with Gasteiger partial charge in [0, 0.05) is 6.20 Å². The van der Waals surface area contributed by atoms with E-state index in [1.807, 2.05) is 0 Å². The molecule has 1 aromatic heterocycles. The van der Waals surface area contributed by atoms with E-state index in [2.05, 4.69) is 5.10 Å². The summed E-state index contributed by atoms with van der Waals surface area (Å²) in [6, 6.07) is 0. The fraction of sp³-hybridized carbons (Fsp3) is 0.167. The Morgan fingerprint density at radius 3 is 2.54 bits per heavy atom. The van der Waals surface area contributed by atoms with E-state index in [1.165, 1.54) is 0 Å². The zero-order valence-corrected chi connectivity index (χ0v) is 6.47. The largest absolute Gasteiger partial charge is 0.480 e. The van der Waals surface area contributed by atoms with Gasteiger partial charge < -0.3 is 15.9 Å². The average Bonchev–Trinajstić information content (AvgIpc) is 2.29. The van der Waals surface area contributed by atoms with Crippen LogP contribution in [0.5, 0.6) is 0 Å². The van der Waals surface area contributed by atoms with Crippen molar-refractivity contribution < 1.29 is 19.8 Å². The highest BCUT2D eigenvalue weighted by atomic mass is 16.4. The predicted octanol–water partition coefficient (Wildman–Crippen LogP) is -0.752. The van der Waals surface area contributed by atoms with Crippen LogP contribution in [0.3, 0.4) is 0 Å². The fourth-order valence-corrected chi connectivity index (χ4v) is 0.823. The number of nitrogens with two attached hydrogens (primary N) is 1. The van der Waals surface area contributed by atoms with Crippen LogP contribution in [0.4, 0.5) is 5.69 Å². The third-order valence-electron chi connectivity index (χ3n) is 1.29. The zero-order chi connectivity index (χ0) is 10.0. The first-order valence-corrected chi connectivity index (χ1v) is 3.28. The van der Waals surface area contributed by atoms with Crippen LogP contribution >= 0.6 is 0 Å². The second-order valence-corrected chi connectivity index (χ2v) is 2.33. The molecular weight excluding hydrogens is 178 g/mol. The molecule has 0 aliphatic carbocycles. The van der Waals surface area contributed by atoms with Gasteiger partial charge in [0.1, 0.15) is 6.54 Å². The Hall–Kier alpha value is -2.05. The Balaban J connectivity index is 2.95. The maximum atomic E-state index is 10.4. The SMILES string of the molecule is Nc1cn(CC(=O)O)nc1C(=O)O. The summed E-state index contributed by atoms with van der Waals surface area (Å²) in [7, 11) is 0. The van der Waals surface area contributed by atoms with Crippen LogP contribution in [0.1, 0.15) is 10.5 Å². The number of anilines is 1. The molecule has 0 radical (unpaired) electrons. The van der Waals surface area contributed by atoms with Crippen molar-refractivity contribution in [3.63, 3.8) is 0 Å². The molecule has 0 saturated carbocycles. The summed E-state index contributed by atoms with van der Waals surface area (Å²) in [6.45, 7) is -0.405. The van der Waals surface area contributed by atoms with E-state index in [9.17, 15) is 9.59 Å². The van der Waals surface area contributed by atoms with Crippen LogP contribution in [0, 0.1) is 0 Å². The van der Waals surface area contributed by atoms with E-state index in [4.69, 9.17) is 15.9 Å². The molecule has 0 atom stereocenters. The number of nitrogen functional groups attached to an aromatic ring is 1. The van der Waals surface area contributed by atoms with Crippen LogP contribution in [-0.4, -0.2) is 31.9 Å². The molecule has 0 spiro atoms. The molecule has 70 valence electrons. The Morgan fingerprint density at radius 2 is 2.15 bits per heavy atom. The zero-order valence-electron chi connectivity index (χ0n) is 6.47. The van der Waals surface area contributed by atoms with E-state index in [0.717, 1.165) is 10.9 Å². The second kappa shape index (κ2) is 3.13. The number of aromatic nitrogens is 2. The van der Waals surface area contributed by atoms with E-state index >= 15 is 0 Å². The molecular formula is C6H7N3O4. The molecule has 0 saturated heterocycles. The van der Waals surface area contributed by atoms with Gasteiger partial charge in [0.15, 0.2) is 5.69 Å². The number of nitrogens with zero attached hydrogens (tertiary/aromatic N) is 2. The number of aliphatic carboxylic acids is 1. The van der Waals surface area contributed by atoms with E-state index in [0.29, 0.717) is 0 Å². The van der Waals surface area contributed by atoms with Gasteiger partial charge in [-0.05, 0) is 0 Å². The summed E-state index contributed by atoms with van der Waals surface area (Å²) in [5.41, 5.74) is 4.88. The molecule has 0 aliphatic heterocycles. The first-order chi connectivity index (χ1) is 6.00. The van der Waals surface area contributed by atoms with Gasteiger partial charge in [0.2, 0.25) is 0 Å². The van der Waals surface area contributed by atoms with Crippen LogP contribution in [-0.2, 0) is 11.3 Å². The molecule has 1 heterocycles. The minimum absolute atomic E-state index is 0.0475. The van der Waals surface area contributed by atoms with Crippen LogP contribution in [0.15, 0.2) is 6.20 Å². The highest BCUT2D eigenvalue weighted by Crippen LogP contribution is 2.08. The van der Waals surface area contributed by atoms with Gasteiger partial charge in [-0.25, -0.2) is 4.79 Å². The first kappa shape index (κ1) is 9.04. The highest BCUT2D eigenvalue weighted by molar-refractivity contribution is 5.91. The first-order valence-electron chi connectivity index (χ1n) is 3.28. The summed E-state index contributed by atoms with van der Waals surface area (Å²) in [4.78, 5) is 20.6. The van der Waals surface area contributed by atoms with Crippen molar-refractivity contribution in [1.82, 2.24) is 9.78 Å². The minimum atomic E-state index is -1.28. The molecule has 4 N–H and O–H groups in total. The second-order valence-electron chi connectivity index (χ2n) is 2.33. The lowest BCUT2D eigenvalue weighted by Crippen LogP contribution is -2.10. The molecule has 7 heteroatoms. The van der Waals surface area contributed by atoms with Gasteiger partial charge in [0.05, 0.1) is 5.69 Å². The fourth-order valence-electron chi connectivity index (χ4n) is 0.823. The molecule has 0 aromatic carbocycles. The maximum absolute atomic E-state index is 10.4. The minimum Gasteiger partial charge on any atom is -0.480 e. The summed E-state index contributed by atoms with van der Waals surface area (Å²) in [6.07, 6.45) is 1.16. The summed E-state index contributed by atoms with van der Waals surface area (Å²) in [5.74, 6) is -2.39. The number of carbonyl (C=O) groups is 2. The summed E-state index contributed by atoms with van der Waals surface area (Å²) >= 11 is 0. The number of hydrogen-bond donors (Lipinski definition) is 3. The Morgan fingerprint density at radius 1 is 1.54 bits per heavy atom. The van der Waals surface area contributed by atoms with Gasteiger partial charge in [-0.15, -0.1) is 0 Å². The monoisotopic (exact) mass is 185 g/mol. The van der Waals surface area contributed by atoms with E-state index in [-0.39, 0.29) is 11.4 Å². The highest BCUT2D eigenvalue weighted by Gasteiger charge is 2.13. The Bertz CT molecular complexity index is 357. The van der Waals surface area contributed by atoms with Gasteiger partial charge in [-0.2, -0.15) is 5.10 Å². The molecule has 0 unspecified atom stereocenters. The third-order valence-corrected chi connectivity index (χ3v) is 1.29. The van der Waals surface area contributed by atoms with Gasteiger partial charge in [-0.1, -0.05) is 0 Å². The lowest BCUT2D eigenvalue weighted by Gasteiger charge is -1.92. The van der Waals surface area contributed by atoms with Crippen molar-refractivity contribution >= 4 is 17.6 Å². The van der Waals surface area contributed by atoms with E-state index < -0.39 is 18.5 Å². The molecule has 1 rings (SSSR count). The maximum Gasteiger partial charge on any atom is 0.358 e. The van der Waals surface area contributed by atoms with Crippen molar-refractivity contribution in [3.8, 4) is 0 Å². The molecule has 0 bridgehead atoms. The molecule has 0 amide bonds. The van der Waals surface area contributed by atoms with Crippen molar-refractivity contribution in [2.75, 3.05) is 5.73 Å². The average molecular weight is 185 g/mol. The number of hydrogen-bond acceptors (Lipinski definition) is 4. The van der Waals surface area contributed by atoms with Gasteiger partial charge in [-0.3, -0.25) is 9.48 Å². The quantitative estimate of drug-likeness (QED) is 0.570. The number of aromatic carboxylic acids is 1. The standard InChI is InChI=1S/C6H7N3O4/c7-3-1-9(2-4(10)11)8-5(3)6(12)13/h1H,2,7H2,(H,10,11)(H,12,13). The summed E-state index contributed by atoms with van der Waals surface area (Å²) < 4.78 is 0.959. The number of carboxylic acids is 2. The van der Waals surface area contributed by atoms with Crippen molar-refractivity contribution in [2.45, 2.75) is 6.54 Å². The molecule has 0 fully saturated rings. The molecule has 1 aromatic rings. The van der Waals surface area contributed by atoms with Crippen molar-refractivity contribution in [1.29, 1.82) is 0 Å². The third kappa shape index (κ3) is 1.95. The Labute approximate surface area is 72.4 Å². The van der Waals surface area contributed by atoms with Crippen LogP contribution in [0.2, 0.25) is 0 Å². The lowest BCUT2D eigenvalue weighted by molar-refractivity contribution is -0.137. The summed E-state index contributed by atoms with van der Waals surface area (Å²) in [5, 5.41) is 20.3. The predicted molar refractivity (Wildman–Crippen MR) is 41.2 cm³/mol. The van der Waals surface area contributed by atoms with Crippen LogP contribution in [0.25, 0.3) is 0 Å². The Kier molecular flexibility index (Phi) is 2.18. The molecule has 7 nitrogen and oxygen atoms in total. The topological polar surface area (TPSA) is 118 Å². The van der Waals surface area contributed by atoms with E-state index in [1.54, 1.807) is 0 Å². The molecule has 13 heavy (non-hydrogen) atoms.